The summed E-state index contributed by atoms with van der Waals surface area (Å²) in [4.78, 5) is 19.1. The number of rotatable bonds is 7. The van der Waals surface area contributed by atoms with Crippen LogP contribution in [0.3, 0.4) is 0 Å². The molecule has 1 aromatic heterocycles. The second-order valence-corrected chi connectivity index (χ2v) is 11.0. The first kappa shape index (κ1) is 23.4. The first-order chi connectivity index (χ1) is 14.5. The standard InChI is InChI=1S/C22H32N4O4S/c1-16-7-9-18(10-8-16)31(28,29)23-14-17-6-5-13-26(15-17)20(27)12-11-19-24-21(25-30-19)22(2,3)4/h7-10,17,23H,5-6,11-15H2,1-4H3. The van der Waals surface area contributed by atoms with Crippen LogP contribution in [0.25, 0.3) is 0 Å². The zero-order valence-electron chi connectivity index (χ0n) is 18.7. The van der Waals surface area contributed by atoms with Gasteiger partial charge in [-0.1, -0.05) is 43.6 Å². The van der Waals surface area contributed by atoms with Gasteiger partial charge in [0.2, 0.25) is 21.8 Å². The van der Waals surface area contributed by atoms with Crippen LogP contribution in [0.4, 0.5) is 0 Å². The summed E-state index contributed by atoms with van der Waals surface area (Å²) in [5.41, 5.74) is 0.813. The van der Waals surface area contributed by atoms with E-state index in [1.807, 2.05) is 32.6 Å². The highest BCUT2D eigenvalue weighted by atomic mass is 32.2. The van der Waals surface area contributed by atoms with Gasteiger partial charge in [-0.05, 0) is 37.8 Å². The van der Waals surface area contributed by atoms with Crippen LogP contribution in [0.5, 0.6) is 0 Å². The van der Waals surface area contributed by atoms with Gasteiger partial charge in [-0.15, -0.1) is 0 Å². The van der Waals surface area contributed by atoms with Crippen molar-refractivity contribution in [1.29, 1.82) is 0 Å². The van der Waals surface area contributed by atoms with Crippen LogP contribution in [0.2, 0.25) is 0 Å². The lowest BCUT2D eigenvalue weighted by molar-refractivity contribution is -0.133. The summed E-state index contributed by atoms with van der Waals surface area (Å²) >= 11 is 0. The van der Waals surface area contributed by atoms with Crippen LogP contribution >= 0.6 is 0 Å². The summed E-state index contributed by atoms with van der Waals surface area (Å²) < 4.78 is 33.0. The second-order valence-electron chi connectivity index (χ2n) is 9.27. The SMILES string of the molecule is Cc1ccc(S(=O)(=O)NCC2CCCN(C(=O)CCc3nc(C(C)(C)C)no3)C2)cc1. The Morgan fingerprint density at radius 3 is 2.61 bits per heavy atom. The van der Waals surface area contributed by atoms with E-state index in [9.17, 15) is 13.2 Å². The van der Waals surface area contributed by atoms with Crippen molar-refractivity contribution in [2.75, 3.05) is 19.6 Å². The molecule has 1 N–H and O–H groups in total. The molecule has 0 spiro atoms. The van der Waals surface area contributed by atoms with Crippen LogP contribution < -0.4 is 4.72 Å². The molecule has 1 atom stereocenters. The highest BCUT2D eigenvalue weighted by Crippen LogP contribution is 2.20. The minimum Gasteiger partial charge on any atom is -0.342 e. The molecule has 1 saturated heterocycles. The van der Waals surface area contributed by atoms with Gasteiger partial charge in [-0.2, -0.15) is 4.98 Å². The molecular formula is C22H32N4O4S. The molecule has 1 amide bonds. The van der Waals surface area contributed by atoms with Gasteiger partial charge in [0.25, 0.3) is 0 Å². The number of amides is 1. The second kappa shape index (κ2) is 9.48. The lowest BCUT2D eigenvalue weighted by atomic mass is 9.96. The van der Waals surface area contributed by atoms with Gasteiger partial charge in [0, 0.05) is 37.9 Å². The van der Waals surface area contributed by atoms with Crippen molar-refractivity contribution in [2.45, 2.75) is 63.7 Å². The fraction of sp³-hybridized carbons (Fsp3) is 0.591. The number of piperidine rings is 1. The third kappa shape index (κ3) is 6.36. The number of nitrogens with zero attached hydrogens (tertiary/aromatic N) is 3. The highest BCUT2D eigenvalue weighted by Gasteiger charge is 2.26. The number of aromatic nitrogens is 2. The molecule has 0 saturated carbocycles. The van der Waals surface area contributed by atoms with E-state index in [1.54, 1.807) is 24.3 Å². The number of likely N-dealkylation sites (tertiary alicyclic amines) is 1. The Kier molecular flexibility index (Phi) is 7.16. The first-order valence-corrected chi connectivity index (χ1v) is 12.2. The molecule has 2 aromatic rings. The smallest absolute Gasteiger partial charge is 0.240 e. The van der Waals surface area contributed by atoms with E-state index in [1.165, 1.54) is 0 Å². The number of benzene rings is 1. The van der Waals surface area contributed by atoms with E-state index >= 15 is 0 Å². The maximum atomic E-state index is 12.7. The van der Waals surface area contributed by atoms with Crippen molar-refractivity contribution in [2.24, 2.45) is 5.92 Å². The molecule has 8 nitrogen and oxygen atoms in total. The van der Waals surface area contributed by atoms with Crippen LogP contribution in [-0.4, -0.2) is 49.0 Å². The number of carbonyl (C=O) groups excluding carboxylic acids is 1. The lowest BCUT2D eigenvalue weighted by Gasteiger charge is -2.33. The van der Waals surface area contributed by atoms with E-state index in [0.717, 1.165) is 18.4 Å². The van der Waals surface area contributed by atoms with Gasteiger partial charge >= 0.3 is 0 Å². The minimum absolute atomic E-state index is 0.0293. The molecule has 31 heavy (non-hydrogen) atoms. The summed E-state index contributed by atoms with van der Waals surface area (Å²) in [7, 11) is -3.55. The fourth-order valence-electron chi connectivity index (χ4n) is 3.52. The van der Waals surface area contributed by atoms with Crippen LogP contribution in [-0.2, 0) is 26.7 Å². The highest BCUT2D eigenvalue weighted by molar-refractivity contribution is 7.89. The Morgan fingerprint density at radius 2 is 1.97 bits per heavy atom. The molecule has 0 aliphatic carbocycles. The zero-order valence-corrected chi connectivity index (χ0v) is 19.5. The quantitative estimate of drug-likeness (QED) is 0.698. The topological polar surface area (TPSA) is 105 Å². The molecule has 1 aliphatic heterocycles. The summed E-state index contributed by atoms with van der Waals surface area (Å²) in [6.45, 7) is 9.50. The van der Waals surface area contributed by atoms with Crippen LogP contribution in [0, 0.1) is 12.8 Å². The summed E-state index contributed by atoms with van der Waals surface area (Å²) in [5.74, 6) is 1.22. The Bertz CT molecular complexity index is 993. The Morgan fingerprint density at radius 1 is 1.26 bits per heavy atom. The average Bonchev–Trinajstić information content (AvgIpc) is 3.21. The fourth-order valence-corrected chi connectivity index (χ4v) is 4.64. The monoisotopic (exact) mass is 448 g/mol. The molecule has 170 valence electrons. The largest absolute Gasteiger partial charge is 0.342 e. The molecule has 0 radical (unpaired) electrons. The predicted octanol–water partition coefficient (Wildman–Crippen LogP) is 2.83. The molecule has 1 unspecified atom stereocenters. The Labute approximate surface area is 184 Å². The molecule has 1 fully saturated rings. The zero-order chi connectivity index (χ0) is 22.6. The van der Waals surface area contributed by atoms with Crippen molar-refractivity contribution in [1.82, 2.24) is 19.8 Å². The summed E-state index contributed by atoms with van der Waals surface area (Å²) in [5, 5.41) is 3.99. The number of nitrogens with one attached hydrogen (secondary N) is 1. The van der Waals surface area contributed by atoms with Gasteiger partial charge in [-0.25, -0.2) is 13.1 Å². The third-order valence-corrected chi connectivity index (χ3v) is 6.90. The molecule has 1 aromatic carbocycles. The number of aryl methyl sites for hydroxylation is 2. The van der Waals surface area contributed by atoms with Crippen molar-refractivity contribution >= 4 is 15.9 Å². The number of sulfonamides is 1. The molecular weight excluding hydrogens is 416 g/mol. The van der Waals surface area contributed by atoms with E-state index in [2.05, 4.69) is 14.9 Å². The van der Waals surface area contributed by atoms with E-state index < -0.39 is 10.0 Å². The van der Waals surface area contributed by atoms with Gasteiger partial charge in [-0.3, -0.25) is 4.79 Å². The van der Waals surface area contributed by atoms with Crippen molar-refractivity contribution in [3.63, 3.8) is 0 Å². The third-order valence-electron chi connectivity index (χ3n) is 5.46. The van der Waals surface area contributed by atoms with E-state index in [4.69, 9.17) is 4.52 Å². The maximum Gasteiger partial charge on any atom is 0.240 e. The normalized spacial score (nSPS) is 17.7. The molecule has 3 rings (SSSR count). The molecule has 1 aliphatic rings. The van der Waals surface area contributed by atoms with Gasteiger partial charge in [0.05, 0.1) is 4.90 Å². The lowest BCUT2D eigenvalue weighted by Crippen LogP contribution is -2.43. The van der Waals surface area contributed by atoms with Crippen LogP contribution in [0.1, 0.15) is 57.3 Å². The van der Waals surface area contributed by atoms with E-state index in [-0.39, 0.29) is 22.1 Å². The maximum absolute atomic E-state index is 12.7. The van der Waals surface area contributed by atoms with Crippen molar-refractivity contribution < 1.29 is 17.7 Å². The number of hydrogen-bond acceptors (Lipinski definition) is 6. The minimum atomic E-state index is -3.55. The van der Waals surface area contributed by atoms with Crippen LogP contribution in [0.15, 0.2) is 33.7 Å². The molecule has 2 heterocycles. The Balaban J connectivity index is 1.50. The van der Waals surface area contributed by atoms with Gasteiger partial charge in [0.1, 0.15) is 0 Å². The molecule has 0 bridgehead atoms. The summed E-state index contributed by atoms with van der Waals surface area (Å²) in [6.07, 6.45) is 2.45. The van der Waals surface area contributed by atoms with Crippen molar-refractivity contribution in [3.8, 4) is 0 Å². The van der Waals surface area contributed by atoms with Gasteiger partial charge < -0.3 is 9.42 Å². The summed E-state index contributed by atoms with van der Waals surface area (Å²) in [6, 6.07) is 6.78. The van der Waals surface area contributed by atoms with Crippen molar-refractivity contribution in [3.05, 3.63) is 41.5 Å². The first-order valence-electron chi connectivity index (χ1n) is 10.7. The number of hydrogen-bond donors (Lipinski definition) is 1. The molecule has 9 heteroatoms. The average molecular weight is 449 g/mol. The van der Waals surface area contributed by atoms with E-state index in [0.29, 0.717) is 44.2 Å². The number of carbonyl (C=O) groups is 1. The Hall–Kier alpha value is -2.26. The predicted molar refractivity (Wildman–Crippen MR) is 117 cm³/mol. The van der Waals surface area contributed by atoms with Gasteiger partial charge in [0.15, 0.2) is 5.82 Å².